The van der Waals surface area contributed by atoms with Gasteiger partial charge in [-0.1, -0.05) is 0 Å². The Kier molecular flexibility index (Phi) is 12.4. The van der Waals surface area contributed by atoms with Gasteiger partial charge >= 0.3 is 325 Å². The summed E-state index contributed by atoms with van der Waals surface area (Å²) in [6, 6.07) is 25.1. The van der Waals surface area contributed by atoms with E-state index in [2.05, 4.69) is 184 Å². The molecule has 0 bridgehead atoms. The third-order valence-corrected chi connectivity index (χ3v) is 16.3. The third kappa shape index (κ3) is 8.80. The van der Waals surface area contributed by atoms with Gasteiger partial charge in [0.05, 0.1) is 0 Å². The molecule has 0 heterocycles. The number of allylic oxidation sites excluding steroid dienone is 2. The minimum atomic E-state index is -1.23. The fourth-order valence-electron chi connectivity index (χ4n) is 7.65. The van der Waals surface area contributed by atoms with Crippen molar-refractivity contribution in [1.29, 1.82) is 0 Å². The molecule has 0 fully saturated rings. The quantitative estimate of drug-likeness (QED) is 0.195. The van der Waals surface area contributed by atoms with Crippen molar-refractivity contribution in [3.8, 4) is 0 Å². The van der Waals surface area contributed by atoms with Crippen LogP contribution in [-0.2, 0) is 44.9 Å². The molecule has 3 heteroatoms. The van der Waals surface area contributed by atoms with Crippen LogP contribution in [0.2, 0.25) is 0 Å². The van der Waals surface area contributed by atoms with E-state index in [9.17, 15) is 0 Å². The first-order chi connectivity index (χ1) is 23.4. The van der Waals surface area contributed by atoms with E-state index in [1.165, 1.54) is 66.8 Å². The van der Waals surface area contributed by atoms with Gasteiger partial charge in [-0.2, -0.15) is 0 Å². The molecule has 6 rings (SSSR count). The summed E-state index contributed by atoms with van der Waals surface area (Å²) in [6.45, 7) is 37.6. The van der Waals surface area contributed by atoms with E-state index in [4.69, 9.17) is 0 Å². The van der Waals surface area contributed by atoms with Crippen LogP contribution in [0, 0.1) is 27.7 Å². The molecule has 0 N–H and O–H groups in total. The Bertz CT molecular complexity index is 1880. The first-order valence-electron chi connectivity index (χ1n) is 19.2. The molecule has 0 aliphatic heterocycles. The van der Waals surface area contributed by atoms with Crippen LogP contribution in [0.3, 0.4) is 0 Å². The van der Waals surface area contributed by atoms with Crippen molar-refractivity contribution in [2.24, 2.45) is 0 Å². The Morgan fingerprint density at radius 1 is 0.377 bits per heavy atom. The van der Waals surface area contributed by atoms with Gasteiger partial charge < -0.3 is 24.8 Å². The number of rotatable bonds is 4. The van der Waals surface area contributed by atoms with E-state index < -0.39 is 23.2 Å². The molecular formula is C50H62Cl2Zr. The summed E-state index contributed by atoms with van der Waals surface area (Å²) in [5.74, 6) is 0. The van der Waals surface area contributed by atoms with Gasteiger partial charge in [0.15, 0.2) is 0 Å². The van der Waals surface area contributed by atoms with Crippen molar-refractivity contribution < 1.29 is 48.0 Å². The molecule has 2 aliphatic carbocycles. The predicted octanol–water partition coefficient (Wildman–Crippen LogP) is 8.09. The Morgan fingerprint density at radius 3 is 0.906 bits per heavy atom. The molecule has 0 saturated heterocycles. The van der Waals surface area contributed by atoms with Crippen LogP contribution in [0.5, 0.6) is 0 Å². The standard InChI is InChI=1S/2C25H31.2ClH.Zr/c2*1-16-9-18-11-20(12-19(18)10-17(16)2)21-13-22(24(3,4)5)15-23(14-21)25(6,7)8;;;/h2*9-15H,1-8H3;2*1H;/q;;;;+2/p-2. The zero-order valence-electron chi connectivity index (χ0n) is 35.3. The number of hydrogen-bond donors (Lipinski definition) is 0. The van der Waals surface area contributed by atoms with E-state index in [0.717, 1.165) is 0 Å². The van der Waals surface area contributed by atoms with Crippen LogP contribution < -0.4 is 24.8 Å². The van der Waals surface area contributed by atoms with Crippen molar-refractivity contribution in [2.75, 3.05) is 0 Å². The number of halogens is 2. The zero-order chi connectivity index (χ0) is 37.6. The van der Waals surface area contributed by atoms with E-state index in [0.29, 0.717) is 7.25 Å². The van der Waals surface area contributed by atoms with Gasteiger partial charge in [0.1, 0.15) is 0 Å². The average Bonchev–Trinajstić information content (AvgIpc) is 3.53. The molecular weight excluding hydrogens is 763 g/mol. The van der Waals surface area contributed by atoms with Crippen molar-refractivity contribution in [1.82, 2.24) is 0 Å². The summed E-state index contributed by atoms with van der Waals surface area (Å²) < 4.78 is 0.916. The fourth-order valence-corrected chi connectivity index (χ4v) is 12.7. The summed E-state index contributed by atoms with van der Waals surface area (Å²) in [5, 5.41) is 0. The van der Waals surface area contributed by atoms with Gasteiger partial charge in [-0.15, -0.1) is 0 Å². The number of fused-ring (bicyclic) bond motifs is 2. The summed E-state index contributed by atoms with van der Waals surface area (Å²) >= 11 is -1.23. The summed E-state index contributed by atoms with van der Waals surface area (Å²) in [5.41, 5.74) is 23.6. The van der Waals surface area contributed by atoms with Gasteiger partial charge in [-0.25, -0.2) is 0 Å². The maximum Gasteiger partial charge on any atom is -1.00 e. The second-order valence-corrected chi connectivity index (χ2v) is 23.6. The SMILES string of the molecule is Cc1cc2c(cc1C)[CH]([Zr+2][CH]1C(c3cc(C(C)(C)C)cc(C(C)(C)C)c3)=Cc3cc(C)c(C)cc31)C(c1cc(C(C)(C)C)cc(C(C)(C)C)c1)=C2.[Cl-].[Cl-]. The van der Waals surface area contributed by atoms with Crippen molar-refractivity contribution in [2.45, 2.75) is 140 Å². The summed E-state index contributed by atoms with van der Waals surface area (Å²) in [7, 11) is 0. The smallest absolute Gasteiger partial charge is 1.00 e. The maximum absolute atomic E-state index is 2.58. The van der Waals surface area contributed by atoms with Crippen LogP contribution in [-0.4, -0.2) is 0 Å². The predicted molar refractivity (Wildman–Crippen MR) is 221 cm³/mol. The molecule has 0 saturated carbocycles. The minimum Gasteiger partial charge on any atom is -1.00 e. The van der Waals surface area contributed by atoms with Gasteiger partial charge in [0, 0.05) is 0 Å². The van der Waals surface area contributed by atoms with Gasteiger partial charge in [-0.05, 0) is 0 Å². The topological polar surface area (TPSA) is 0 Å². The third-order valence-electron chi connectivity index (χ3n) is 11.6. The molecule has 0 radical (unpaired) electrons. The van der Waals surface area contributed by atoms with E-state index in [1.54, 1.807) is 22.3 Å². The van der Waals surface area contributed by atoms with E-state index in [-0.39, 0.29) is 46.5 Å². The molecule has 2 atom stereocenters. The first-order valence-corrected chi connectivity index (χ1v) is 22.0. The Morgan fingerprint density at radius 2 is 0.642 bits per heavy atom. The van der Waals surface area contributed by atoms with Gasteiger partial charge in [-0.3, -0.25) is 0 Å². The van der Waals surface area contributed by atoms with E-state index in [1.807, 2.05) is 0 Å². The Balaban J connectivity index is 0.00000314. The van der Waals surface area contributed by atoms with Crippen LogP contribution >= 0.6 is 0 Å². The molecule has 0 amide bonds. The zero-order valence-corrected chi connectivity index (χ0v) is 39.3. The van der Waals surface area contributed by atoms with Crippen molar-refractivity contribution >= 4 is 23.3 Å². The largest absolute Gasteiger partial charge is 1.00 e. The minimum absolute atomic E-state index is 0. The number of hydrogen-bond acceptors (Lipinski definition) is 0. The van der Waals surface area contributed by atoms with Crippen LogP contribution in [0.1, 0.15) is 168 Å². The molecule has 4 aromatic rings. The second-order valence-electron chi connectivity index (χ2n) is 20.0. The number of benzene rings is 4. The molecule has 0 aromatic heterocycles. The Hall–Kier alpha value is -2.18. The second kappa shape index (κ2) is 15.1. The van der Waals surface area contributed by atoms with Crippen molar-refractivity contribution in [3.63, 3.8) is 0 Å². The van der Waals surface area contributed by atoms with Crippen LogP contribution in [0.25, 0.3) is 23.3 Å². The molecule has 2 aliphatic rings. The summed E-state index contributed by atoms with van der Waals surface area (Å²) in [6.07, 6.45) is 5.16. The molecule has 280 valence electrons. The van der Waals surface area contributed by atoms with Gasteiger partial charge in [0.2, 0.25) is 0 Å². The Labute approximate surface area is 347 Å². The molecule has 0 spiro atoms. The fraction of sp³-hybridized carbons (Fsp3) is 0.440. The molecule has 0 nitrogen and oxygen atoms in total. The normalized spacial score (nSPS) is 16.9. The van der Waals surface area contributed by atoms with Gasteiger partial charge in [0.25, 0.3) is 0 Å². The van der Waals surface area contributed by atoms with Crippen LogP contribution in [0.15, 0.2) is 60.7 Å². The monoisotopic (exact) mass is 822 g/mol. The van der Waals surface area contributed by atoms with Crippen molar-refractivity contribution in [3.05, 3.63) is 139 Å². The number of aryl methyl sites for hydroxylation is 4. The molecule has 53 heavy (non-hydrogen) atoms. The summed E-state index contributed by atoms with van der Waals surface area (Å²) in [4.78, 5) is 0. The van der Waals surface area contributed by atoms with E-state index >= 15 is 0 Å². The first kappa shape index (κ1) is 43.5. The molecule has 2 unspecified atom stereocenters. The average molecular weight is 825 g/mol. The van der Waals surface area contributed by atoms with Crippen LogP contribution in [0.4, 0.5) is 0 Å². The molecule has 4 aromatic carbocycles. The maximum atomic E-state index is 2.58.